The smallest absolute Gasteiger partial charge is 0.0938 e. The van der Waals surface area contributed by atoms with Crippen LogP contribution < -0.4 is 10.6 Å². The molecule has 0 atom stereocenters. The molecular weight excluding hydrogens is 180 g/mol. The Balaban J connectivity index is 2.06. The highest BCUT2D eigenvalue weighted by Gasteiger charge is 2.17. The summed E-state index contributed by atoms with van der Waals surface area (Å²) in [5.74, 6) is 0. The second-order valence-electron chi connectivity index (χ2n) is 3.73. The molecule has 2 rings (SSSR count). The van der Waals surface area contributed by atoms with E-state index in [1.54, 1.807) is 0 Å². The highest BCUT2D eigenvalue weighted by atomic mass is 32.1. The fourth-order valence-electron chi connectivity index (χ4n) is 1.79. The van der Waals surface area contributed by atoms with Gasteiger partial charge < -0.3 is 10.6 Å². The monoisotopic (exact) mass is 196 g/mol. The van der Waals surface area contributed by atoms with E-state index in [0.717, 1.165) is 25.9 Å². The Morgan fingerprint density at radius 1 is 1.46 bits per heavy atom. The van der Waals surface area contributed by atoms with Crippen LogP contribution in [0.1, 0.15) is 18.4 Å². The molecule has 1 aliphatic heterocycles. The molecule has 3 heteroatoms. The van der Waals surface area contributed by atoms with Gasteiger partial charge in [-0.2, -0.15) is 0 Å². The van der Waals surface area contributed by atoms with Crippen molar-refractivity contribution in [1.82, 2.24) is 0 Å². The molecule has 0 radical (unpaired) electrons. The number of hydrogen-bond acceptors (Lipinski definition) is 3. The molecule has 0 aromatic carbocycles. The van der Waals surface area contributed by atoms with Gasteiger partial charge in [-0.1, -0.05) is 0 Å². The summed E-state index contributed by atoms with van der Waals surface area (Å²) in [6.45, 7) is 4.44. The molecule has 0 aliphatic carbocycles. The van der Waals surface area contributed by atoms with Crippen LogP contribution in [0.2, 0.25) is 0 Å². The van der Waals surface area contributed by atoms with Crippen molar-refractivity contribution in [2.24, 2.45) is 5.73 Å². The molecule has 1 fully saturated rings. The van der Waals surface area contributed by atoms with Crippen molar-refractivity contribution in [1.29, 1.82) is 0 Å². The Morgan fingerprint density at radius 3 is 2.69 bits per heavy atom. The van der Waals surface area contributed by atoms with E-state index < -0.39 is 0 Å². The average Bonchev–Trinajstić information content (AvgIpc) is 2.53. The minimum atomic E-state index is 0.427. The van der Waals surface area contributed by atoms with E-state index in [9.17, 15) is 0 Å². The van der Waals surface area contributed by atoms with Gasteiger partial charge in [-0.05, 0) is 36.8 Å². The Hall–Kier alpha value is -0.540. The van der Waals surface area contributed by atoms with Crippen LogP contribution in [0.25, 0.3) is 0 Å². The maximum atomic E-state index is 5.87. The number of thiophene rings is 1. The molecular formula is C10H16N2S. The molecule has 72 valence electrons. The van der Waals surface area contributed by atoms with E-state index in [-0.39, 0.29) is 0 Å². The average molecular weight is 196 g/mol. The van der Waals surface area contributed by atoms with Crippen molar-refractivity contribution in [3.63, 3.8) is 0 Å². The van der Waals surface area contributed by atoms with Gasteiger partial charge in [0.25, 0.3) is 0 Å². The molecule has 2 nitrogen and oxygen atoms in total. The summed E-state index contributed by atoms with van der Waals surface area (Å²) >= 11 is 1.84. The first-order valence-corrected chi connectivity index (χ1v) is 5.70. The van der Waals surface area contributed by atoms with Crippen molar-refractivity contribution in [3.8, 4) is 0 Å². The summed E-state index contributed by atoms with van der Waals surface area (Å²) in [6.07, 6.45) is 2.27. The summed E-state index contributed by atoms with van der Waals surface area (Å²) in [5, 5.41) is 3.60. The fraction of sp³-hybridized carbons (Fsp3) is 0.600. The molecule has 0 spiro atoms. The lowest BCUT2D eigenvalue weighted by Gasteiger charge is -2.31. The highest BCUT2D eigenvalue weighted by molar-refractivity contribution is 7.14. The summed E-state index contributed by atoms with van der Waals surface area (Å²) < 4.78 is 0. The van der Waals surface area contributed by atoms with Crippen LogP contribution in [0.3, 0.4) is 0 Å². The van der Waals surface area contributed by atoms with Crippen molar-refractivity contribution in [2.75, 3.05) is 18.0 Å². The highest BCUT2D eigenvalue weighted by Crippen LogP contribution is 2.28. The van der Waals surface area contributed by atoms with Crippen molar-refractivity contribution in [3.05, 3.63) is 17.0 Å². The zero-order chi connectivity index (χ0) is 9.26. The third-order valence-corrected chi connectivity index (χ3v) is 3.74. The zero-order valence-electron chi connectivity index (χ0n) is 7.99. The quantitative estimate of drug-likeness (QED) is 0.744. The zero-order valence-corrected chi connectivity index (χ0v) is 8.81. The topological polar surface area (TPSA) is 29.3 Å². The van der Waals surface area contributed by atoms with E-state index in [2.05, 4.69) is 23.3 Å². The van der Waals surface area contributed by atoms with Gasteiger partial charge in [0.2, 0.25) is 0 Å². The largest absolute Gasteiger partial charge is 0.363 e. The number of rotatable bonds is 1. The molecule has 2 heterocycles. The molecule has 2 N–H and O–H groups in total. The van der Waals surface area contributed by atoms with Gasteiger partial charge in [0.1, 0.15) is 0 Å². The molecule has 0 bridgehead atoms. The third-order valence-electron chi connectivity index (χ3n) is 2.66. The van der Waals surface area contributed by atoms with Crippen LogP contribution >= 0.6 is 11.3 Å². The van der Waals surface area contributed by atoms with Crippen LogP contribution in [0.15, 0.2) is 11.4 Å². The van der Waals surface area contributed by atoms with Crippen molar-refractivity contribution < 1.29 is 0 Å². The van der Waals surface area contributed by atoms with Crippen LogP contribution in [0.4, 0.5) is 5.00 Å². The number of anilines is 1. The molecule has 0 unspecified atom stereocenters. The lowest BCUT2D eigenvalue weighted by Crippen LogP contribution is -2.39. The number of nitrogens with zero attached hydrogens (tertiary/aromatic N) is 1. The lowest BCUT2D eigenvalue weighted by molar-refractivity contribution is 0.502. The second-order valence-corrected chi connectivity index (χ2v) is 4.63. The van der Waals surface area contributed by atoms with Gasteiger partial charge in [0, 0.05) is 19.1 Å². The van der Waals surface area contributed by atoms with Crippen LogP contribution in [0, 0.1) is 6.92 Å². The first-order valence-electron chi connectivity index (χ1n) is 4.82. The second kappa shape index (κ2) is 3.68. The molecule has 1 saturated heterocycles. The minimum Gasteiger partial charge on any atom is -0.363 e. The maximum Gasteiger partial charge on any atom is 0.0938 e. The van der Waals surface area contributed by atoms with Gasteiger partial charge in [-0.25, -0.2) is 0 Å². The van der Waals surface area contributed by atoms with E-state index in [0.29, 0.717) is 6.04 Å². The summed E-state index contributed by atoms with van der Waals surface area (Å²) in [7, 11) is 0. The number of piperidine rings is 1. The van der Waals surface area contributed by atoms with Gasteiger partial charge in [0.05, 0.1) is 5.00 Å². The van der Waals surface area contributed by atoms with Gasteiger partial charge in [0.15, 0.2) is 0 Å². The van der Waals surface area contributed by atoms with Crippen LogP contribution in [-0.4, -0.2) is 19.1 Å². The van der Waals surface area contributed by atoms with E-state index >= 15 is 0 Å². The van der Waals surface area contributed by atoms with Gasteiger partial charge in [-0.3, -0.25) is 0 Å². The number of aryl methyl sites for hydroxylation is 1. The van der Waals surface area contributed by atoms with E-state index in [1.165, 1.54) is 10.6 Å². The molecule has 0 saturated carbocycles. The first kappa shape index (κ1) is 9.03. The summed E-state index contributed by atoms with van der Waals surface area (Å²) in [4.78, 5) is 2.46. The predicted molar refractivity (Wildman–Crippen MR) is 58.5 cm³/mol. The number of nitrogens with two attached hydrogens (primary N) is 1. The fourth-order valence-corrected chi connectivity index (χ4v) is 2.78. The Bertz CT molecular complexity index is 274. The predicted octanol–water partition coefficient (Wildman–Crippen LogP) is 1.98. The number of hydrogen-bond donors (Lipinski definition) is 1. The summed E-state index contributed by atoms with van der Waals surface area (Å²) in [5.41, 5.74) is 7.27. The van der Waals surface area contributed by atoms with Gasteiger partial charge in [-0.15, -0.1) is 11.3 Å². The maximum absolute atomic E-state index is 5.87. The Labute approximate surface area is 83.4 Å². The van der Waals surface area contributed by atoms with E-state index in [4.69, 9.17) is 5.73 Å². The van der Waals surface area contributed by atoms with Crippen molar-refractivity contribution >= 4 is 16.3 Å². The lowest BCUT2D eigenvalue weighted by atomic mass is 10.1. The summed E-state index contributed by atoms with van der Waals surface area (Å²) in [6, 6.07) is 2.62. The SMILES string of the molecule is Cc1ccsc1N1CCC(N)CC1. The van der Waals surface area contributed by atoms with Crippen molar-refractivity contribution in [2.45, 2.75) is 25.8 Å². The third kappa shape index (κ3) is 1.86. The Morgan fingerprint density at radius 2 is 2.15 bits per heavy atom. The van der Waals surface area contributed by atoms with Crippen LogP contribution in [0.5, 0.6) is 0 Å². The van der Waals surface area contributed by atoms with E-state index in [1.807, 2.05) is 11.3 Å². The minimum absolute atomic E-state index is 0.427. The molecule has 1 aliphatic rings. The molecule has 0 amide bonds. The van der Waals surface area contributed by atoms with Crippen LogP contribution in [-0.2, 0) is 0 Å². The first-order chi connectivity index (χ1) is 6.27. The molecule has 1 aromatic heterocycles. The Kier molecular flexibility index (Phi) is 2.56. The van der Waals surface area contributed by atoms with Gasteiger partial charge >= 0.3 is 0 Å². The standard InChI is InChI=1S/C10H16N2S/c1-8-4-7-13-10(8)12-5-2-9(11)3-6-12/h4,7,9H,2-3,5-6,11H2,1H3. The normalized spacial score (nSPS) is 19.4. The molecule has 1 aromatic rings. The molecule has 13 heavy (non-hydrogen) atoms.